The summed E-state index contributed by atoms with van der Waals surface area (Å²) in [5.41, 5.74) is 0.721. The Morgan fingerprint density at radius 1 is 1.00 bits per heavy atom. The van der Waals surface area contributed by atoms with Crippen molar-refractivity contribution >= 4 is 46.9 Å². The molecule has 5 atom stereocenters. The van der Waals surface area contributed by atoms with Crippen LogP contribution in [0, 0.1) is 23.6 Å². The molecule has 1 aromatic carbocycles. The first kappa shape index (κ1) is 40.9. The Balaban J connectivity index is 1.35. The number of aromatic nitrogens is 2. The van der Waals surface area contributed by atoms with E-state index in [1.54, 1.807) is 41.8 Å². The molecule has 54 heavy (non-hydrogen) atoms. The molecule has 3 aliphatic rings. The van der Waals surface area contributed by atoms with E-state index in [2.05, 4.69) is 31.3 Å². The molecule has 3 fully saturated rings. The van der Waals surface area contributed by atoms with E-state index in [-0.39, 0.29) is 36.0 Å². The van der Waals surface area contributed by atoms with Crippen molar-refractivity contribution in [1.82, 2.24) is 40.4 Å². The summed E-state index contributed by atoms with van der Waals surface area (Å²) in [4.78, 5) is 72.7. The number of carbonyl (C=O) groups excluding carboxylic acids is 5. The number of anilines is 1. The Morgan fingerprint density at radius 3 is 2.28 bits per heavy atom. The fourth-order valence-corrected chi connectivity index (χ4v) is 7.38. The lowest BCUT2D eigenvalue weighted by atomic mass is 9.88. The zero-order chi connectivity index (χ0) is 39.3. The van der Waals surface area contributed by atoms with Gasteiger partial charge in [-0.15, -0.1) is 11.6 Å². The van der Waals surface area contributed by atoms with Gasteiger partial charge in [-0.05, 0) is 95.0 Å². The monoisotopic (exact) mass is 771 g/mol. The molecular weight excluding hydrogens is 717 g/mol. The van der Waals surface area contributed by atoms with Crippen LogP contribution in [0.2, 0.25) is 0 Å². The highest BCUT2D eigenvalue weighted by Crippen LogP contribution is 2.51. The van der Waals surface area contributed by atoms with Crippen LogP contribution in [0.3, 0.4) is 0 Å². The van der Waals surface area contributed by atoms with E-state index in [0.29, 0.717) is 49.3 Å². The van der Waals surface area contributed by atoms with Crippen molar-refractivity contribution < 1.29 is 28.4 Å². The van der Waals surface area contributed by atoms with Gasteiger partial charge < -0.3 is 36.0 Å². The molecule has 14 nitrogen and oxygen atoms in total. The maximum atomic E-state index is 16.0. The largest absolute Gasteiger partial charge is 0.342 e. The van der Waals surface area contributed by atoms with Gasteiger partial charge in [-0.1, -0.05) is 13.0 Å². The van der Waals surface area contributed by atoms with Gasteiger partial charge in [0.2, 0.25) is 17.7 Å². The molecule has 5 rings (SSSR count). The first-order chi connectivity index (χ1) is 25.7. The minimum Gasteiger partial charge on any atom is -0.342 e. The van der Waals surface area contributed by atoms with Crippen LogP contribution in [0.25, 0.3) is 0 Å². The third kappa shape index (κ3) is 9.70. The fourth-order valence-electron chi connectivity index (χ4n) is 7.29. The van der Waals surface area contributed by atoms with E-state index in [0.717, 1.165) is 25.7 Å². The van der Waals surface area contributed by atoms with Gasteiger partial charge in [-0.2, -0.15) is 5.10 Å². The summed E-state index contributed by atoms with van der Waals surface area (Å²) in [6.07, 6.45) is 5.47. The first-order valence-electron chi connectivity index (χ1n) is 19.0. The second kappa shape index (κ2) is 17.9. The molecule has 0 unspecified atom stereocenters. The van der Waals surface area contributed by atoms with Crippen LogP contribution in [0.4, 0.5) is 14.9 Å². The maximum absolute atomic E-state index is 16.0. The summed E-state index contributed by atoms with van der Waals surface area (Å²) < 4.78 is 17.6. The molecule has 2 aliphatic carbocycles. The highest BCUT2D eigenvalue weighted by Gasteiger charge is 2.48. The zero-order valence-corrected chi connectivity index (χ0v) is 32.9. The van der Waals surface area contributed by atoms with Gasteiger partial charge in [0.25, 0.3) is 5.91 Å². The molecular formula is C38H55ClFN9O5. The number of urea groups is 1. The molecule has 0 bridgehead atoms. The standard InChI is InChI=1S/C38H55ClFN9O5/c1-7-49-30(14-16-42-49)35(51)45-33(31(25-8-9-25)26-10-11-26)36(52)43-29-13-12-27(20-28(29)40)23(3)32(37(53)48-19-18-46(5)22(2)21-48)44-34(50)24(4)47(6)38(54)41-17-15-39/h12-14,16,20,22-26,31-33H,7-11,15,17-19,21H2,1-6H3,(H,41,54)(H,43,52)(H,44,50)(H,45,51)/t22-,23+,24+,32-,33+/m1/s1. The molecule has 0 radical (unpaired) electrons. The van der Waals surface area contributed by atoms with Crippen molar-refractivity contribution in [3.63, 3.8) is 0 Å². The first-order valence-corrected chi connectivity index (χ1v) is 19.6. The van der Waals surface area contributed by atoms with Crippen LogP contribution in [0.5, 0.6) is 0 Å². The van der Waals surface area contributed by atoms with Gasteiger partial charge in [0.15, 0.2) is 0 Å². The second-order valence-corrected chi connectivity index (χ2v) is 15.4. The number of hydrogen-bond donors (Lipinski definition) is 4. The Morgan fingerprint density at radius 2 is 1.69 bits per heavy atom. The molecule has 4 N–H and O–H groups in total. The number of hydrogen-bond acceptors (Lipinski definition) is 7. The summed E-state index contributed by atoms with van der Waals surface area (Å²) in [5.74, 6) is -2.40. The lowest BCUT2D eigenvalue weighted by molar-refractivity contribution is -0.140. The molecule has 16 heteroatoms. The third-order valence-corrected chi connectivity index (χ3v) is 11.5. The van der Waals surface area contributed by atoms with Gasteiger partial charge in [0.1, 0.15) is 29.6 Å². The number of piperazine rings is 1. The molecule has 2 aromatic rings. The highest BCUT2D eigenvalue weighted by atomic mass is 35.5. The number of alkyl halides is 1. The predicted octanol–water partition coefficient (Wildman–Crippen LogP) is 3.23. The van der Waals surface area contributed by atoms with Crippen molar-refractivity contribution in [2.24, 2.45) is 17.8 Å². The van der Waals surface area contributed by atoms with E-state index in [1.807, 2.05) is 20.9 Å². The minimum absolute atomic E-state index is 0.0582. The number of likely N-dealkylation sites (N-methyl/N-ethyl adjacent to an activating group) is 2. The summed E-state index contributed by atoms with van der Waals surface area (Å²) in [5, 5.41) is 15.4. The summed E-state index contributed by atoms with van der Waals surface area (Å²) in [6.45, 7) is 9.46. The summed E-state index contributed by atoms with van der Waals surface area (Å²) >= 11 is 5.70. The molecule has 2 saturated carbocycles. The van der Waals surface area contributed by atoms with E-state index in [4.69, 9.17) is 11.6 Å². The fraction of sp³-hybridized carbons (Fsp3) is 0.632. The topological polar surface area (TPSA) is 161 Å². The van der Waals surface area contributed by atoms with Crippen LogP contribution < -0.4 is 21.3 Å². The minimum atomic E-state index is -1.08. The number of nitrogens with one attached hydrogen (secondary N) is 4. The van der Waals surface area contributed by atoms with E-state index < -0.39 is 53.6 Å². The van der Waals surface area contributed by atoms with E-state index in [9.17, 15) is 24.0 Å². The second-order valence-electron chi connectivity index (χ2n) is 15.1. The van der Waals surface area contributed by atoms with Gasteiger partial charge >= 0.3 is 6.03 Å². The van der Waals surface area contributed by atoms with Crippen LogP contribution >= 0.6 is 11.6 Å². The molecule has 2 heterocycles. The van der Waals surface area contributed by atoms with Gasteiger partial charge in [-0.3, -0.25) is 23.9 Å². The van der Waals surface area contributed by atoms with Crippen molar-refractivity contribution in [3.8, 4) is 0 Å². The normalized spacial score (nSPS) is 19.7. The Hall–Kier alpha value is -4.24. The third-order valence-electron chi connectivity index (χ3n) is 11.3. The Bertz CT molecular complexity index is 1670. The number of amides is 6. The Kier molecular flexibility index (Phi) is 13.6. The SMILES string of the molecule is CCn1nccc1C(=O)N[C@H](C(=O)Nc1ccc([C@H](C)[C@@H](NC(=O)[C@H](C)N(C)C(=O)NCCCl)C(=O)N2CCN(C)[C@H](C)C2)cc1F)C(C1CC1)C1CC1. The average Bonchev–Trinajstić information content (AvgIpc) is 4.11. The van der Waals surface area contributed by atoms with E-state index in [1.165, 1.54) is 24.1 Å². The number of aryl methyl sites for hydroxylation is 1. The lowest BCUT2D eigenvalue weighted by Crippen LogP contribution is -2.60. The summed E-state index contributed by atoms with van der Waals surface area (Å²) in [6, 6.07) is 2.68. The van der Waals surface area contributed by atoms with E-state index >= 15 is 4.39 Å². The lowest BCUT2D eigenvalue weighted by Gasteiger charge is -2.40. The van der Waals surface area contributed by atoms with Gasteiger partial charge in [0.05, 0.1) is 5.69 Å². The van der Waals surface area contributed by atoms with Crippen LogP contribution in [-0.2, 0) is 20.9 Å². The zero-order valence-electron chi connectivity index (χ0n) is 32.1. The van der Waals surface area contributed by atoms with Crippen LogP contribution in [0.15, 0.2) is 30.5 Å². The van der Waals surface area contributed by atoms with Crippen molar-refractivity contribution in [1.29, 1.82) is 0 Å². The number of benzene rings is 1. The highest BCUT2D eigenvalue weighted by molar-refractivity contribution is 6.18. The average molecular weight is 772 g/mol. The predicted molar refractivity (Wildman–Crippen MR) is 203 cm³/mol. The van der Waals surface area contributed by atoms with Crippen molar-refractivity contribution in [3.05, 3.63) is 47.5 Å². The number of halogens is 2. The molecule has 0 spiro atoms. The van der Waals surface area contributed by atoms with Crippen molar-refractivity contribution in [2.75, 3.05) is 51.5 Å². The summed E-state index contributed by atoms with van der Waals surface area (Å²) in [7, 11) is 3.47. The van der Waals surface area contributed by atoms with Gasteiger partial charge in [-0.25, -0.2) is 9.18 Å². The molecule has 1 aliphatic heterocycles. The number of nitrogens with zero attached hydrogens (tertiary/aromatic N) is 5. The molecule has 1 saturated heterocycles. The molecule has 296 valence electrons. The van der Waals surface area contributed by atoms with Crippen LogP contribution in [0.1, 0.15) is 75.3 Å². The quantitative estimate of drug-likeness (QED) is 0.191. The maximum Gasteiger partial charge on any atom is 0.317 e. The number of carbonyl (C=O) groups is 5. The smallest absolute Gasteiger partial charge is 0.317 e. The van der Waals surface area contributed by atoms with Crippen molar-refractivity contribution in [2.45, 2.75) is 90.0 Å². The molecule has 6 amide bonds. The Labute approximate surface area is 321 Å². The van der Waals surface area contributed by atoms with Crippen LogP contribution in [-0.4, -0.2) is 124 Å². The number of rotatable bonds is 16. The molecule has 1 aromatic heterocycles. The van der Waals surface area contributed by atoms with Gasteiger partial charge in [0, 0.05) is 63.8 Å².